The zero-order valence-electron chi connectivity index (χ0n) is 15.0. The highest BCUT2D eigenvalue weighted by Gasteiger charge is 2.27. The number of amides is 1. The predicted molar refractivity (Wildman–Crippen MR) is 106 cm³/mol. The fourth-order valence-corrected chi connectivity index (χ4v) is 4.79. The molecule has 0 fully saturated rings. The number of nitrogens with zero attached hydrogens (tertiary/aromatic N) is 3. The Bertz CT molecular complexity index is 1090. The molecule has 3 aromatic rings. The molecule has 9 heteroatoms. The Morgan fingerprint density at radius 1 is 1.07 bits per heavy atom. The lowest BCUT2D eigenvalue weighted by Gasteiger charge is -2.19. The van der Waals surface area contributed by atoms with Gasteiger partial charge >= 0.3 is 0 Å². The third-order valence-electron chi connectivity index (χ3n) is 3.94. The Balaban J connectivity index is 1.82. The van der Waals surface area contributed by atoms with Crippen molar-refractivity contribution in [3.05, 3.63) is 65.2 Å². The lowest BCUT2D eigenvalue weighted by atomic mass is 10.1. The van der Waals surface area contributed by atoms with Crippen LogP contribution in [0.1, 0.15) is 21.5 Å². The molecule has 1 N–H and O–H groups in total. The molecule has 0 atom stereocenters. The van der Waals surface area contributed by atoms with Crippen LogP contribution in [0.15, 0.2) is 52.9 Å². The summed E-state index contributed by atoms with van der Waals surface area (Å²) in [6, 6.07) is 14.2. The van der Waals surface area contributed by atoms with E-state index in [2.05, 4.69) is 15.5 Å². The van der Waals surface area contributed by atoms with Crippen LogP contribution in [0.3, 0.4) is 0 Å². The number of sulfonamides is 1. The van der Waals surface area contributed by atoms with Gasteiger partial charge in [-0.25, -0.2) is 0 Å². The molecule has 1 heterocycles. The van der Waals surface area contributed by atoms with Crippen molar-refractivity contribution in [3.8, 4) is 0 Å². The SMILES string of the molecule is Cc1cccc(C(=O)Nc2nnc(S(=O)(=O)N(C)c3ccccc3C)s2)c1. The predicted octanol–water partition coefficient (Wildman–Crippen LogP) is 3.23. The maximum Gasteiger partial charge on any atom is 0.293 e. The standard InChI is InChI=1S/C18H18N4O3S2/c1-12-7-6-9-14(11-12)16(23)19-17-20-21-18(26-17)27(24,25)22(3)15-10-5-4-8-13(15)2/h4-11H,1-3H3,(H,19,20,23). The van der Waals surface area contributed by atoms with E-state index < -0.39 is 10.0 Å². The molecule has 0 unspecified atom stereocenters. The molecule has 0 spiro atoms. The van der Waals surface area contributed by atoms with E-state index in [9.17, 15) is 13.2 Å². The number of aromatic nitrogens is 2. The summed E-state index contributed by atoms with van der Waals surface area (Å²) < 4.78 is 26.6. The molecule has 0 radical (unpaired) electrons. The number of para-hydroxylation sites is 1. The van der Waals surface area contributed by atoms with Gasteiger partial charge in [-0.05, 0) is 37.6 Å². The number of hydrogen-bond acceptors (Lipinski definition) is 6. The third-order valence-corrected chi connectivity index (χ3v) is 6.90. The number of anilines is 2. The van der Waals surface area contributed by atoms with Gasteiger partial charge in [0.1, 0.15) is 0 Å². The van der Waals surface area contributed by atoms with Crippen molar-refractivity contribution in [3.63, 3.8) is 0 Å². The molecule has 0 saturated heterocycles. The summed E-state index contributed by atoms with van der Waals surface area (Å²) in [5.41, 5.74) is 2.79. The molecular weight excluding hydrogens is 384 g/mol. The smallest absolute Gasteiger partial charge is 0.293 e. The maximum atomic E-state index is 12.8. The molecule has 7 nitrogen and oxygen atoms in total. The quantitative estimate of drug-likeness (QED) is 0.662. The number of hydrogen-bond donors (Lipinski definition) is 1. The van der Waals surface area contributed by atoms with Gasteiger partial charge in [0.05, 0.1) is 5.69 Å². The first-order valence-electron chi connectivity index (χ1n) is 8.05. The molecule has 27 heavy (non-hydrogen) atoms. The van der Waals surface area contributed by atoms with E-state index in [1.165, 1.54) is 7.05 Å². The first-order valence-corrected chi connectivity index (χ1v) is 10.3. The summed E-state index contributed by atoms with van der Waals surface area (Å²) in [5.74, 6) is -0.369. The first kappa shape index (κ1) is 19.0. The summed E-state index contributed by atoms with van der Waals surface area (Å²) in [6.07, 6.45) is 0. The topological polar surface area (TPSA) is 92.3 Å². The second kappa shape index (κ2) is 7.45. The van der Waals surface area contributed by atoms with Crippen LogP contribution in [0.25, 0.3) is 0 Å². The second-order valence-corrected chi connectivity index (χ2v) is 9.08. The lowest BCUT2D eigenvalue weighted by molar-refractivity contribution is 0.102. The van der Waals surface area contributed by atoms with Gasteiger partial charge in [0, 0.05) is 12.6 Å². The minimum absolute atomic E-state index is 0.123. The van der Waals surface area contributed by atoms with Gasteiger partial charge in [0.25, 0.3) is 20.3 Å². The fraction of sp³-hybridized carbons (Fsp3) is 0.167. The molecule has 140 valence electrons. The largest absolute Gasteiger partial charge is 0.296 e. The number of benzene rings is 2. The van der Waals surface area contributed by atoms with E-state index in [1.54, 1.807) is 30.3 Å². The number of rotatable bonds is 5. The molecule has 2 aromatic carbocycles. The Hall–Kier alpha value is -2.78. The van der Waals surface area contributed by atoms with E-state index in [-0.39, 0.29) is 15.4 Å². The maximum absolute atomic E-state index is 12.8. The fourth-order valence-electron chi connectivity index (χ4n) is 2.48. The van der Waals surface area contributed by atoms with Crippen LogP contribution >= 0.6 is 11.3 Å². The number of carbonyl (C=O) groups excluding carboxylic acids is 1. The van der Waals surface area contributed by atoms with Crippen molar-refractivity contribution in [2.45, 2.75) is 18.2 Å². The van der Waals surface area contributed by atoms with Crippen LogP contribution in [0, 0.1) is 13.8 Å². The second-order valence-electron chi connectivity index (χ2n) is 5.96. The average Bonchev–Trinajstić information content (AvgIpc) is 3.11. The van der Waals surface area contributed by atoms with Crippen LogP contribution in [0.2, 0.25) is 0 Å². The highest BCUT2D eigenvalue weighted by molar-refractivity contribution is 7.94. The molecule has 0 aliphatic rings. The van der Waals surface area contributed by atoms with Crippen molar-refractivity contribution in [2.24, 2.45) is 0 Å². The summed E-state index contributed by atoms with van der Waals surface area (Å²) in [6.45, 7) is 3.71. The van der Waals surface area contributed by atoms with Gasteiger partial charge in [-0.3, -0.25) is 14.4 Å². The van der Waals surface area contributed by atoms with Gasteiger partial charge < -0.3 is 0 Å². The average molecular weight is 403 g/mol. The van der Waals surface area contributed by atoms with Gasteiger partial charge in [-0.1, -0.05) is 47.2 Å². The Morgan fingerprint density at radius 2 is 1.81 bits per heavy atom. The zero-order chi connectivity index (χ0) is 19.6. The Morgan fingerprint density at radius 3 is 2.52 bits per heavy atom. The monoisotopic (exact) mass is 402 g/mol. The molecule has 0 aliphatic carbocycles. The summed E-state index contributed by atoms with van der Waals surface area (Å²) >= 11 is 0.812. The van der Waals surface area contributed by atoms with Crippen LogP contribution < -0.4 is 9.62 Å². The molecule has 1 amide bonds. The third kappa shape index (κ3) is 3.99. The highest BCUT2D eigenvalue weighted by atomic mass is 32.2. The first-order chi connectivity index (χ1) is 12.8. The minimum atomic E-state index is -3.87. The van der Waals surface area contributed by atoms with E-state index in [0.717, 1.165) is 26.8 Å². The molecular formula is C18H18N4O3S2. The summed E-state index contributed by atoms with van der Waals surface area (Å²) in [4.78, 5) is 12.3. The summed E-state index contributed by atoms with van der Waals surface area (Å²) in [5, 5.41) is 10.3. The van der Waals surface area contributed by atoms with Crippen molar-refractivity contribution in [1.82, 2.24) is 10.2 Å². The van der Waals surface area contributed by atoms with E-state index in [4.69, 9.17) is 0 Å². The Labute approximate surface area is 161 Å². The number of carbonyl (C=O) groups is 1. The van der Waals surface area contributed by atoms with Crippen LogP contribution in [0.4, 0.5) is 10.8 Å². The molecule has 0 aliphatic heterocycles. The van der Waals surface area contributed by atoms with Crippen molar-refractivity contribution < 1.29 is 13.2 Å². The van der Waals surface area contributed by atoms with Gasteiger partial charge in [0.2, 0.25) is 5.13 Å². The van der Waals surface area contributed by atoms with Crippen LogP contribution in [-0.4, -0.2) is 31.6 Å². The molecule has 0 saturated carbocycles. The zero-order valence-corrected chi connectivity index (χ0v) is 16.6. The molecule has 3 rings (SSSR count). The van der Waals surface area contributed by atoms with Crippen LogP contribution in [-0.2, 0) is 10.0 Å². The summed E-state index contributed by atoms with van der Waals surface area (Å²) in [7, 11) is -2.41. The Kier molecular flexibility index (Phi) is 5.24. The number of nitrogens with one attached hydrogen (secondary N) is 1. The number of aryl methyl sites for hydroxylation is 2. The highest BCUT2D eigenvalue weighted by Crippen LogP contribution is 2.28. The van der Waals surface area contributed by atoms with Gasteiger partial charge in [0.15, 0.2) is 0 Å². The van der Waals surface area contributed by atoms with Gasteiger partial charge in [-0.15, -0.1) is 10.2 Å². The molecule has 0 bridgehead atoms. The normalized spacial score (nSPS) is 11.2. The van der Waals surface area contributed by atoms with E-state index in [0.29, 0.717) is 11.3 Å². The van der Waals surface area contributed by atoms with E-state index >= 15 is 0 Å². The van der Waals surface area contributed by atoms with Crippen molar-refractivity contribution in [2.75, 3.05) is 16.7 Å². The molecule has 1 aromatic heterocycles. The van der Waals surface area contributed by atoms with Crippen LogP contribution in [0.5, 0.6) is 0 Å². The lowest BCUT2D eigenvalue weighted by Crippen LogP contribution is -2.27. The van der Waals surface area contributed by atoms with Crippen molar-refractivity contribution in [1.29, 1.82) is 0 Å². The minimum Gasteiger partial charge on any atom is -0.296 e. The van der Waals surface area contributed by atoms with Crippen molar-refractivity contribution >= 4 is 38.1 Å². The van der Waals surface area contributed by atoms with Gasteiger partial charge in [-0.2, -0.15) is 8.42 Å². The van der Waals surface area contributed by atoms with E-state index in [1.807, 2.05) is 32.0 Å².